The van der Waals surface area contributed by atoms with Crippen LogP contribution in [0.1, 0.15) is 34.5 Å². The quantitative estimate of drug-likeness (QED) is 0.917. The highest BCUT2D eigenvalue weighted by Gasteiger charge is 2.20. The molecule has 0 bridgehead atoms. The number of fused-ring (bicyclic) bond motifs is 1. The number of aromatic nitrogens is 2. The van der Waals surface area contributed by atoms with Gasteiger partial charge < -0.3 is 10.0 Å². The third-order valence-electron chi connectivity index (χ3n) is 3.80. The Morgan fingerprint density at radius 1 is 1.29 bits per heavy atom. The van der Waals surface area contributed by atoms with E-state index >= 15 is 0 Å². The van der Waals surface area contributed by atoms with Crippen molar-refractivity contribution in [1.82, 2.24) is 9.97 Å². The van der Waals surface area contributed by atoms with Crippen LogP contribution < -0.4 is 4.90 Å². The van der Waals surface area contributed by atoms with Gasteiger partial charge in [0.25, 0.3) is 0 Å². The molecule has 1 aromatic carbocycles. The van der Waals surface area contributed by atoms with Crippen LogP contribution in [0.5, 0.6) is 0 Å². The summed E-state index contributed by atoms with van der Waals surface area (Å²) in [6.45, 7) is 2.56. The number of carboxylic acid groups (broad SMARTS) is 1. The van der Waals surface area contributed by atoms with Crippen molar-refractivity contribution in [2.45, 2.75) is 26.2 Å². The van der Waals surface area contributed by atoms with E-state index in [1.165, 1.54) is 11.8 Å². The van der Waals surface area contributed by atoms with Crippen molar-refractivity contribution in [3.63, 3.8) is 0 Å². The zero-order valence-corrected chi connectivity index (χ0v) is 11.9. The number of aryl methyl sites for hydroxylation is 2. The molecule has 1 aliphatic heterocycles. The van der Waals surface area contributed by atoms with Gasteiger partial charge in [-0.15, -0.1) is 0 Å². The molecule has 5 nitrogen and oxygen atoms in total. The molecule has 0 fully saturated rings. The average Bonchev–Trinajstić information content (AvgIpc) is 2.69. The summed E-state index contributed by atoms with van der Waals surface area (Å²) >= 11 is 0. The molecule has 5 heteroatoms. The Morgan fingerprint density at radius 3 is 2.86 bits per heavy atom. The number of rotatable bonds is 2. The minimum atomic E-state index is -0.990. The van der Waals surface area contributed by atoms with E-state index < -0.39 is 5.97 Å². The number of hydrogen-bond acceptors (Lipinski definition) is 4. The molecule has 1 N–H and O–H groups in total. The minimum Gasteiger partial charge on any atom is -0.478 e. The van der Waals surface area contributed by atoms with Gasteiger partial charge in [-0.1, -0.05) is 18.2 Å². The van der Waals surface area contributed by atoms with E-state index in [1.54, 1.807) is 6.92 Å². The third-order valence-corrected chi connectivity index (χ3v) is 3.80. The number of para-hydroxylation sites is 1. The molecule has 3 rings (SSSR count). The van der Waals surface area contributed by atoms with Crippen molar-refractivity contribution in [2.75, 3.05) is 11.4 Å². The molecule has 1 aromatic heterocycles. The first-order chi connectivity index (χ1) is 10.2. The first-order valence-corrected chi connectivity index (χ1v) is 7.09. The minimum absolute atomic E-state index is 0.154. The van der Waals surface area contributed by atoms with Crippen LogP contribution in [0.2, 0.25) is 0 Å². The Labute approximate surface area is 123 Å². The fourth-order valence-electron chi connectivity index (χ4n) is 2.69. The van der Waals surface area contributed by atoms with Crippen molar-refractivity contribution in [3.8, 4) is 0 Å². The van der Waals surface area contributed by atoms with Crippen molar-refractivity contribution >= 4 is 17.6 Å². The summed E-state index contributed by atoms with van der Waals surface area (Å²) in [4.78, 5) is 21.8. The third kappa shape index (κ3) is 2.59. The van der Waals surface area contributed by atoms with Crippen LogP contribution in [0.4, 0.5) is 11.6 Å². The van der Waals surface area contributed by atoms with Gasteiger partial charge in [-0.3, -0.25) is 0 Å². The van der Waals surface area contributed by atoms with E-state index in [1.807, 2.05) is 12.1 Å². The van der Waals surface area contributed by atoms with Crippen LogP contribution in [0.25, 0.3) is 0 Å². The van der Waals surface area contributed by atoms with Crippen LogP contribution >= 0.6 is 0 Å². The SMILES string of the molecule is Cc1nc(N2CCCCc3ccccc32)ncc1C(=O)O. The molecular weight excluding hydrogens is 266 g/mol. The summed E-state index contributed by atoms with van der Waals surface area (Å²) in [7, 11) is 0. The van der Waals surface area contributed by atoms with Crippen LogP contribution in [-0.2, 0) is 6.42 Å². The maximum absolute atomic E-state index is 11.1. The molecular formula is C16H17N3O2. The predicted molar refractivity (Wildman–Crippen MR) is 80.1 cm³/mol. The summed E-state index contributed by atoms with van der Waals surface area (Å²) < 4.78 is 0. The second-order valence-electron chi connectivity index (χ2n) is 5.21. The molecule has 2 heterocycles. The lowest BCUT2D eigenvalue weighted by atomic mass is 10.1. The van der Waals surface area contributed by atoms with Crippen molar-refractivity contribution in [1.29, 1.82) is 0 Å². The van der Waals surface area contributed by atoms with Gasteiger partial charge in [0.05, 0.1) is 11.3 Å². The van der Waals surface area contributed by atoms with Gasteiger partial charge in [-0.2, -0.15) is 0 Å². The molecule has 21 heavy (non-hydrogen) atoms. The fraction of sp³-hybridized carbons (Fsp3) is 0.312. The lowest BCUT2D eigenvalue weighted by Gasteiger charge is -2.23. The summed E-state index contributed by atoms with van der Waals surface area (Å²) in [5.41, 5.74) is 3.06. The smallest absolute Gasteiger partial charge is 0.339 e. The standard InChI is InChI=1S/C16H17N3O2/c1-11-13(15(20)21)10-17-16(18-11)19-9-5-4-7-12-6-2-3-8-14(12)19/h2-3,6,8,10H,4-5,7,9H2,1H3,(H,20,21). The normalized spacial score (nSPS) is 14.4. The van der Waals surface area contributed by atoms with Crippen molar-refractivity contribution in [2.24, 2.45) is 0 Å². The maximum atomic E-state index is 11.1. The second-order valence-corrected chi connectivity index (χ2v) is 5.21. The molecule has 0 saturated carbocycles. The number of nitrogens with zero attached hydrogens (tertiary/aromatic N) is 3. The number of aromatic carboxylic acids is 1. The summed E-state index contributed by atoms with van der Waals surface area (Å²) in [6.07, 6.45) is 4.66. The molecule has 0 saturated heterocycles. The summed E-state index contributed by atoms with van der Waals surface area (Å²) in [5.74, 6) is -0.415. The highest BCUT2D eigenvalue weighted by Crippen LogP contribution is 2.30. The van der Waals surface area contributed by atoms with Crippen LogP contribution in [0.3, 0.4) is 0 Å². The fourth-order valence-corrected chi connectivity index (χ4v) is 2.69. The Kier molecular flexibility index (Phi) is 3.56. The number of carbonyl (C=O) groups is 1. The Balaban J connectivity index is 2.04. The van der Waals surface area contributed by atoms with Gasteiger partial charge >= 0.3 is 5.97 Å². The highest BCUT2D eigenvalue weighted by atomic mass is 16.4. The predicted octanol–water partition coefficient (Wildman–Crippen LogP) is 2.96. The van der Waals surface area contributed by atoms with E-state index in [4.69, 9.17) is 5.11 Å². The van der Waals surface area contributed by atoms with Crippen molar-refractivity contribution in [3.05, 3.63) is 47.3 Å². The van der Waals surface area contributed by atoms with E-state index in [0.717, 1.165) is 31.5 Å². The lowest BCUT2D eigenvalue weighted by Crippen LogP contribution is -2.21. The van der Waals surface area contributed by atoms with Gasteiger partial charge in [0.1, 0.15) is 0 Å². The summed E-state index contributed by atoms with van der Waals surface area (Å²) in [6, 6.07) is 8.26. The molecule has 2 aromatic rings. The monoisotopic (exact) mass is 283 g/mol. The topological polar surface area (TPSA) is 66.3 Å². The van der Waals surface area contributed by atoms with E-state index in [0.29, 0.717) is 11.6 Å². The van der Waals surface area contributed by atoms with Gasteiger partial charge in [-0.05, 0) is 37.8 Å². The maximum Gasteiger partial charge on any atom is 0.339 e. The Morgan fingerprint density at radius 2 is 2.10 bits per heavy atom. The zero-order valence-electron chi connectivity index (χ0n) is 11.9. The lowest BCUT2D eigenvalue weighted by molar-refractivity contribution is 0.0695. The number of benzene rings is 1. The van der Waals surface area contributed by atoms with E-state index in [9.17, 15) is 4.79 Å². The second kappa shape index (κ2) is 5.52. The molecule has 0 unspecified atom stereocenters. The number of anilines is 2. The molecule has 0 atom stereocenters. The Hall–Kier alpha value is -2.43. The first kappa shape index (κ1) is 13.5. The molecule has 0 radical (unpaired) electrons. The van der Waals surface area contributed by atoms with Crippen LogP contribution in [0.15, 0.2) is 30.5 Å². The molecule has 1 aliphatic rings. The Bertz CT molecular complexity index is 685. The molecule has 0 aliphatic carbocycles. The highest BCUT2D eigenvalue weighted by molar-refractivity contribution is 5.88. The molecule has 108 valence electrons. The summed E-state index contributed by atoms with van der Waals surface area (Å²) in [5, 5.41) is 9.08. The zero-order chi connectivity index (χ0) is 14.8. The van der Waals surface area contributed by atoms with E-state index in [-0.39, 0.29) is 5.56 Å². The van der Waals surface area contributed by atoms with E-state index in [2.05, 4.69) is 27.0 Å². The van der Waals surface area contributed by atoms with Gasteiger partial charge in [0, 0.05) is 18.4 Å². The van der Waals surface area contributed by atoms with Gasteiger partial charge in [-0.25, -0.2) is 14.8 Å². The number of hydrogen-bond donors (Lipinski definition) is 1. The largest absolute Gasteiger partial charge is 0.478 e. The molecule has 0 amide bonds. The first-order valence-electron chi connectivity index (χ1n) is 7.09. The molecule has 0 spiro atoms. The van der Waals surface area contributed by atoms with Crippen LogP contribution in [-0.4, -0.2) is 27.6 Å². The number of carboxylic acids is 1. The van der Waals surface area contributed by atoms with Gasteiger partial charge in [0.15, 0.2) is 0 Å². The average molecular weight is 283 g/mol. The van der Waals surface area contributed by atoms with Gasteiger partial charge in [0.2, 0.25) is 5.95 Å². The van der Waals surface area contributed by atoms with Crippen LogP contribution in [0, 0.1) is 6.92 Å². The van der Waals surface area contributed by atoms with Crippen molar-refractivity contribution < 1.29 is 9.90 Å².